The van der Waals surface area contributed by atoms with E-state index in [0.29, 0.717) is 5.56 Å². The quantitative estimate of drug-likeness (QED) is 0.416. The molecule has 0 atom stereocenters. The van der Waals surface area contributed by atoms with Gasteiger partial charge in [-0.3, -0.25) is 0 Å². The van der Waals surface area contributed by atoms with Gasteiger partial charge in [0.05, 0.1) is 0 Å². The smallest absolute Gasteiger partial charge is 0.0943 e. The molecule has 9 heteroatoms. The molecule has 0 radical (unpaired) electrons. The Morgan fingerprint density at radius 3 is 1.55 bits per heavy atom. The molecular formula is C11H7Cl9. The van der Waals surface area contributed by atoms with Crippen LogP contribution in [0.25, 0.3) is 0 Å². The normalized spacial score (nSPS) is 14.5. The Kier molecular flexibility index (Phi) is 6.34. The van der Waals surface area contributed by atoms with Gasteiger partial charge in [-0.2, -0.15) is 0 Å². The molecule has 20 heavy (non-hydrogen) atoms. The second-order valence-electron chi connectivity index (χ2n) is 4.04. The fourth-order valence-corrected chi connectivity index (χ4v) is 3.86. The first-order valence-electron chi connectivity index (χ1n) is 5.03. The zero-order chi connectivity index (χ0) is 16.0. The molecule has 114 valence electrons. The fourth-order valence-electron chi connectivity index (χ4n) is 1.47. The first-order valence-corrected chi connectivity index (χ1v) is 8.43. The Morgan fingerprint density at radius 1 is 0.700 bits per heavy atom. The van der Waals surface area contributed by atoms with Gasteiger partial charge in [-0.1, -0.05) is 129 Å². The third kappa shape index (κ3) is 3.35. The van der Waals surface area contributed by atoms with Crippen LogP contribution >= 0.6 is 104 Å². The summed E-state index contributed by atoms with van der Waals surface area (Å²) in [5.41, 5.74) is 1.12. The maximum absolute atomic E-state index is 6.31. The number of hydrogen-bond acceptors (Lipinski definition) is 0. The predicted molar refractivity (Wildman–Crippen MR) is 93.7 cm³/mol. The third-order valence-corrected chi connectivity index (χ3v) is 8.07. The van der Waals surface area contributed by atoms with Gasteiger partial charge >= 0.3 is 0 Å². The molecule has 0 aromatic heterocycles. The van der Waals surface area contributed by atoms with Crippen LogP contribution in [0.3, 0.4) is 0 Å². The van der Waals surface area contributed by atoms with E-state index >= 15 is 0 Å². The maximum atomic E-state index is 6.31. The Morgan fingerprint density at radius 2 is 1.15 bits per heavy atom. The van der Waals surface area contributed by atoms with Crippen LogP contribution in [0.15, 0.2) is 24.3 Å². The monoisotopic (exact) mass is 454 g/mol. The van der Waals surface area contributed by atoms with Crippen molar-refractivity contribution >= 4 is 104 Å². The Bertz CT molecular complexity index is 487. The first-order chi connectivity index (χ1) is 8.77. The lowest BCUT2D eigenvalue weighted by molar-refractivity contribution is 0.598. The summed E-state index contributed by atoms with van der Waals surface area (Å²) in [6.07, 6.45) is 0. The lowest BCUT2D eigenvalue weighted by atomic mass is 10.0. The van der Waals surface area contributed by atoms with Gasteiger partial charge in [0.15, 0.2) is 8.67 Å². The number of hydrogen-bond donors (Lipinski definition) is 0. The summed E-state index contributed by atoms with van der Waals surface area (Å²) in [5.74, 6) is 0. The highest BCUT2D eigenvalue weighted by atomic mass is 35.6. The predicted octanol–water partition coefficient (Wildman–Crippen LogP) is 7.34. The highest BCUT2D eigenvalue weighted by Gasteiger charge is 2.68. The fraction of sp³-hybridized carbons (Fsp3) is 0.455. The van der Waals surface area contributed by atoms with Crippen molar-refractivity contribution < 1.29 is 0 Å². The summed E-state index contributed by atoms with van der Waals surface area (Å²) in [4.78, 5) is 0. The molecule has 0 aliphatic carbocycles. The van der Waals surface area contributed by atoms with Gasteiger partial charge in [0, 0.05) is 0 Å². The van der Waals surface area contributed by atoms with Gasteiger partial charge < -0.3 is 0 Å². The molecule has 0 nitrogen and oxygen atoms in total. The van der Waals surface area contributed by atoms with Crippen LogP contribution in [0.2, 0.25) is 0 Å². The summed E-state index contributed by atoms with van der Waals surface area (Å²) in [5, 5.41) is 0. The van der Waals surface area contributed by atoms with Crippen LogP contribution in [0, 0.1) is 6.92 Å². The van der Waals surface area contributed by atoms with Crippen LogP contribution in [0.5, 0.6) is 0 Å². The van der Waals surface area contributed by atoms with Crippen LogP contribution in [-0.4, -0.2) is 12.5 Å². The van der Waals surface area contributed by atoms with Crippen molar-refractivity contribution in [1.29, 1.82) is 0 Å². The standard InChI is InChI=1S/C11H7Cl9/c1-6-4-2-3-5-7(6)8(12,13)9(14,15)10(16,17)11(18,19)20/h2-5H,1H3. The molecular weight excluding hydrogens is 451 g/mol. The van der Waals surface area contributed by atoms with Crippen LogP contribution in [-0.2, 0) is 4.33 Å². The van der Waals surface area contributed by atoms with Gasteiger partial charge in [-0.15, -0.1) is 0 Å². The highest BCUT2D eigenvalue weighted by molar-refractivity contribution is 6.80. The van der Waals surface area contributed by atoms with Gasteiger partial charge in [-0.05, 0) is 18.1 Å². The number of alkyl halides is 9. The Hall–Kier alpha value is 1.83. The van der Waals surface area contributed by atoms with E-state index in [2.05, 4.69) is 0 Å². The summed E-state index contributed by atoms with van der Waals surface area (Å²) in [6, 6.07) is 6.87. The minimum atomic E-state index is -2.28. The minimum Gasteiger partial charge on any atom is -0.0943 e. The number of halogens is 9. The molecule has 0 saturated heterocycles. The van der Waals surface area contributed by atoms with E-state index < -0.39 is 16.8 Å². The maximum Gasteiger partial charge on any atom is 0.226 e. The van der Waals surface area contributed by atoms with E-state index in [4.69, 9.17) is 104 Å². The lowest BCUT2D eigenvalue weighted by Gasteiger charge is -2.44. The van der Waals surface area contributed by atoms with E-state index in [1.165, 1.54) is 0 Å². The number of rotatable bonds is 3. The second-order valence-corrected chi connectivity index (χ2v) is 10.3. The molecule has 0 spiro atoms. The van der Waals surface area contributed by atoms with Gasteiger partial charge in [0.25, 0.3) is 0 Å². The van der Waals surface area contributed by atoms with Crippen molar-refractivity contribution in [1.82, 2.24) is 0 Å². The zero-order valence-corrected chi connectivity index (χ0v) is 16.5. The molecule has 1 aromatic carbocycles. The van der Waals surface area contributed by atoms with Gasteiger partial charge in [-0.25, -0.2) is 0 Å². The molecule has 0 heterocycles. The van der Waals surface area contributed by atoms with E-state index in [1.807, 2.05) is 0 Å². The molecule has 1 aromatic rings. The summed E-state index contributed by atoms with van der Waals surface area (Å²) in [7, 11) is 0. The van der Waals surface area contributed by atoms with E-state index in [0.717, 1.165) is 5.56 Å². The topological polar surface area (TPSA) is 0 Å². The average Bonchev–Trinajstić information content (AvgIpc) is 2.27. The largest absolute Gasteiger partial charge is 0.226 e. The van der Waals surface area contributed by atoms with Crippen LogP contribution in [0.4, 0.5) is 0 Å². The molecule has 0 aliphatic rings. The number of benzene rings is 1. The summed E-state index contributed by atoms with van der Waals surface area (Å²) in [6.45, 7) is 1.76. The molecule has 0 N–H and O–H groups in total. The van der Waals surface area contributed by atoms with Gasteiger partial charge in [0.1, 0.15) is 0 Å². The Labute approximate surface area is 162 Å². The lowest BCUT2D eigenvalue weighted by Crippen LogP contribution is -2.55. The second kappa shape index (κ2) is 6.38. The SMILES string of the molecule is Cc1ccccc1C(Cl)(Cl)C(Cl)(Cl)C(Cl)(Cl)C(Cl)(Cl)Cl. The molecule has 0 fully saturated rings. The van der Waals surface area contributed by atoms with Crippen molar-refractivity contribution in [2.75, 3.05) is 0 Å². The van der Waals surface area contributed by atoms with Crippen molar-refractivity contribution in [3.8, 4) is 0 Å². The number of aryl methyl sites for hydroxylation is 1. The van der Waals surface area contributed by atoms with E-state index in [-0.39, 0.29) is 0 Å². The van der Waals surface area contributed by atoms with E-state index in [9.17, 15) is 0 Å². The molecule has 0 unspecified atom stereocenters. The zero-order valence-electron chi connectivity index (χ0n) is 9.71. The molecule has 0 amide bonds. The molecule has 0 saturated carbocycles. The van der Waals surface area contributed by atoms with Crippen LogP contribution < -0.4 is 0 Å². The first kappa shape index (κ1) is 19.9. The summed E-state index contributed by atoms with van der Waals surface area (Å²) >= 11 is 54.2. The van der Waals surface area contributed by atoms with Crippen molar-refractivity contribution in [2.45, 2.75) is 23.7 Å². The Balaban J connectivity index is 3.44. The van der Waals surface area contributed by atoms with E-state index in [1.54, 1.807) is 31.2 Å². The summed E-state index contributed by atoms with van der Waals surface area (Å²) < 4.78 is -8.64. The molecule has 0 aliphatic heterocycles. The average molecular weight is 458 g/mol. The third-order valence-electron chi connectivity index (χ3n) is 2.63. The van der Waals surface area contributed by atoms with Crippen LogP contribution in [0.1, 0.15) is 11.1 Å². The molecule has 0 bridgehead atoms. The van der Waals surface area contributed by atoms with Gasteiger partial charge in [0.2, 0.25) is 8.13 Å². The minimum absolute atomic E-state index is 0.397. The van der Waals surface area contributed by atoms with Crippen molar-refractivity contribution in [2.24, 2.45) is 0 Å². The van der Waals surface area contributed by atoms with Crippen molar-refractivity contribution in [3.63, 3.8) is 0 Å². The molecule has 1 rings (SSSR count). The van der Waals surface area contributed by atoms with Crippen molar-refractivity contribution in [3.05, 3.63) is 35.4 Å². The highest BCUT2D eigenvalue weighted by Crippen LogP contribution is 2.65.